The molecule has 1 fully saturated rings. The third-order valence-electron chi connectivity index (χ3n) is 6.14. The number of ether oxygens (including phenoxy) is 2. The normalized spacial score (nSPS) is 13.3. The Morgan fingerprint density at radius 2 is 1.79 bits per heavy atom. The van der Waals surface area contributed by atoms with Crippen molar-refractivity contribution in [2.24, 2.45) is 11.7 Å². The van der Waals surface area contributed by atoms with E-state index >= 15 is 0 Å². The van der Waals surface area contributed by atoms with E-state index in [1.54, 1.807) is 20.4 Å². The van der Waals surface area contributed by atoms with Crippen LogP contribution < -0.4 is 20.1 Å². The number of hydrogen-bond acceptors (Lipinski definition) is 7. The fraction of sp³-hybridized carbons (Fsp3) is 0.346. The molecule has 34 heavy (non-hydrogen) atoms. The second-order valence-corrected chi connectivity index (χ2v) is 8.69. The highest BCUT2D eigenvalue weighted by atomic mass is 16.5. The van der Waals surface area contributed by atoms with Crippen LogP contribution in [0.2, 0.25) is 0 Å². The number of nitrogens with two attached hydrogens (primary N) is 1. The van der Waals surface area contributed by atoms with E-state index < -0.39 is 0 Å². The first-order chi connectivity index (χ1) is 16.7. The minimum absolute atomic E-state index is 0.643. The Balaban J connectivity index is 1.51. The van der Waals surface area contributed by atoms with E-state index in [0.717, 1.165) is 64.7 Å². The topological polar surface area (TPSA) is 91.3 Å². The van der Waals surface area contributed by atoms with E-state index in [0.29, 0.717) is 12.5 Å². The maximum absolute atomic E-state index is 5.62. The van der Waals surface area contributed by atoms with Crippen molar-refractivity contribution in [2.45, 2.75) is 25.8 Å². The minimum Gasteiger partial charge on any atom is -0.497 e. The summed E-state index contributed by atoms with van der Waals surface area (Å²) in [5, 5.41) is 4.43. The smallest absolute Gasteiger partial charge is 0.124 e. The molecule has 2 aromatic carbocycles. The molecule has 2 heterocycles. The minimum atomic E-state index is 0.643. The van der Waals surface area contributed by atoms with Crippen LogP contribution in [0, 0.1) is 5.92 Å². The molecule has 0 atom stereocenters. The van der Waals surface area contributed by atoms with Crippen molar-refractivity contribution >= 4 is 22.4 Å². The van der Waals surface area contributed by atoms with Crippen LogP contribution in [0.15, 0.2) is 55.0 Å². The average molecular weight is 459 g/mol. The molecule has 0 amide bonds. The van der Waals surface area contributed by atoms with Crippen molar-refractivity contribution in [3.8, 4) is 22.8 Å². The van der Waals surface area contributed by atoms with Crippen LogP contribution in [0.1, 0.15) is 19.3 Å². The molecular formula is C26H30N6O2. The fourth-order valence-electron chi connectivity index (χ4n) is 4.05. The predicted molar refractivity (Wildman–Crippen MR) is 134 cm³/mol. The number of rotatable bonds is 10. The van der Waals surface area contributed by atoms with Crippen molar-refractivity contribution in [3.63, 3.8) is 0 Å². The van der Waals surface area contributed by atoms with Crippen molar-refractivity contribution in [1.29, 1.82) is 0 Å². The summed E-state index contributed by atoms with van der Waals surface area (Å²) in [4.78, 5) is 11.9. The van der Waals surface area contributed by atoms with E-state index in [-0.39, 0.29) is 0 Å². The summed E-state index contributed by atoms with van der Waals surface area (Å²) in [7, 11) is 3.35. The number of aromatic nitrogens is 4. The summed E-state index contributed by atoms with van der Waals surface area (Å²) in [6, 6.07) is 12.2. The predicted octanol–water partition coefficient (Wildman–Crippen LogP) is 4.41. The summed E-state index contributed by atoms with van der Waals surface area (Å²) in [6.45, 7) is 2.37. The second kappa shape index (κ2) is 9.69. The molecule has 176 valence electrons. The van der Waals surface area contributed by atoms with Gasteiger partial charge >= 0.3 is 0 Å². The van der Waals surface area contributed by atoms with Crippen molar-refractivity contribution in [2.75, 3.05) is 32.2 Å². The Kier molecular flexibility index (Phi) is 6.31. The Morgan fingerprint density at radius 3 is 2.50 bits per heavy atom. The lowest BCUT2D eigenvalue weighted by atomic mass is 10.1. The van der Waals surface area contributed by atoms with Gasteiger partial charge in [0.05, 0.1) is 43.3 Å². The molecule has 8 heteroatoms. The third-order valence-corrected chi connectivity index (χ3v) is 6.14. The van der Waals surface area contributed by atoms with Gasteiger partial charge in [0.1, 0.15) is 11.5 Å². The Hall–Kier alpha value is -3.65. The van der Waals surface area contributed by atoms with Gasteiger partial charge in [-0.25, -0.2) is 4.98 Å². The van der Waals surface area contributed by atoms with Crippen LogP contribution in [0.4, 0.5) is 11.4 Å². The second-order valence-electron chi connectivity index (χ2n) is 8.69. The molecule has 5 rings (SSSR count). The van der Waals surface area contributed by atoms with Gasteiger partial charge in [-0.15, -0.1) is 0 Å². The number of nitrogens with zero attached hydrogens (tertiary/aromatic N) is 5. The lowest BCUT2D eigenvalue weighted by Gasteiger charge is -2.26. The molecule has 0 bridgehead atoms. The summed E-state index contributed by atoms with van der Waals surface area (Å²) in [6.07, 6.45) is 9.03. The van der Waals surface area contributed by atoms with Gasteiger partial charge in [0.15, 0.2) is 0 Å². The Morgan fingerprint density at radius 1 is 1.00 bits per heavy atom. The number of methoxy groups -OCH3 is 2. The van der Waals surface area contributed by atoms with Crippen LogP contribution in [0.3, 0.4) is 0 Å². The van der Waals surface area contributed by atoms with Gasteiger partial charge in [-0.3, -0.25) is 9.67 Å². The Bertz CT molecular complexity index is 1260. The monoisotopic (exact) mass is 458 g/mol. The maximum atomic E-state index is 5.62. The molecule has 0 unspecified atom stereocenters. The standard InChI is InChI=1S/C26H30N6O2/c1-33-22-10-21(11-23(13-22)34-2)32(16-18-4-5-18)20-6-7-24-25(12-20)30-26(15-28-24)19-14-29-31(17-19)9-3-8-27/h6-7,10-15,17-18H,3-5,8-9,16,27H2,1-2H3. The van der Waals surface area contributed by atoms with Gasteiger partial charge in [0, 0.05) is 54.4 Å². The molecule has 0 aliphatic heterocycles. The zero-order valence-electron chi connectivity index (χ0n) is 19.6. The number of aryl methyl sites for hydroxylation is 1. The van der Waals surface area contributed by atoms with Gasteiger partial charge in [0.2, 0.25) is 0 Å². The maximum Gasteiger partial charge on any atom is 0.124 e. The Labute approximate surface area is 199 Å². The molecule has 8 nitrogen and oxygen atoms in total. The average Bonchev–Trinajstić information content (AvgIpc) is 3.58. The number of hydrogen-bond donors (Lipinski definition) is 1. The molecule has 1 aliphatic carbocycles. The molecule has 4 aromatic rings. The summed E-state index contributed by atoms with van der Waals surface area (Å²) in [5.74, 6) is 2.22. The molecular weight excluding hydrogens is 428 g/mol. The van der Waals surface area contributed by atoms with Crippen LogP contribution in [-0.4, -0.2) is 47.1 Å². The van der Waals surface area contributed by atoms with E-state index in [4.69, 9.17) is 20.2 Å². The SMILES string of the molecule is COc1cc(OC)cc(N(CC2CC2)c2ccc3ncc(-c4cnn(CCCN)c4)nc3c2)c1. The van der Waals surface area contributed by atoms with Crippen molar-refractivity contribution in [3.05, 3.63) is 55.0 Å². The zero-order chi connectivity index (χ0) is 23.5. The van der Waals surface area contributed by atoms with Gasteiger partial charge in [-0.1, -0.05) is 0 Å². The summed E-state index contributed by atoms with van der Waals surface area (Å²) in [5.41, 5.74) is 11.2. The lowest BCUT2D eigenvalue weighted by molar-refractivity contribution is 0.394. The highest BCUT2D eigenvalue weighted by molar-refractivity contribution is 5.82. The van der Waals surface area contributed by atoms with Crippen LogP contribution >= 0.6 is 0 Å². The van der Waals surface area contributed by atoms with Crippen molar-refractivity contribution < 1.29 is 9.47 Å². The number of benzene rings is 2. The lowest BCUT2D eigenvalue weighted by Crippen LogP contribution is -2.20. The van der Waals surface area contributed by atoms with Crippen LogP contribution in [0.25, 0.3) is 22.3 Å². The largest absolute Gasteiger partial charge is 0.497 e. The molecule has 0 radical (unpaired) electrons. The van der Waals surface area contributed by atoms with Gasteiger partial charge in [0.25, 0.3) is 0 Å². The first-order valence-electron chi connectivity index (χ1n) is 11.7. The summed E-state index contributed by atoms with van der Waals surface area (Å²) >= 11 is 0. The van der Waals surface area contributed by atoms with Crippen LogP contribution in [-0.2, 0) is 6.54 Å². The van der Waals surface area contributed by atoms with E-state index in [1.165, 1.54) is 12.8 Å². The molecule has 0 spiro atoms. The number of fused-ring (bicyclic) bond motifs is 1. The zero-order valence-corrected chi connectivity index (χ0v) is 19.6. The number of anilines is 2. The molecule has 2 N–H and O–H groups in total. The van der Waals surface area contributed by atoms with Crippen molar-refractivity contribution in [1.82, 2.24) is 19.7 Å². The van der Waals surface area contributed by atoms with Gasteiger partial charge in [-0.2, -0.15) is 5.10 Å². The molecule has 1 aliphatic rings. The van der Waals surface area contributed by atoms with E-state index in [1.807, 2.05) is 41.3 Å². The fourth-order valence-corrected chi connectivity index (χ4v) is 4.05. The summed E-state index contributed by atoms with van der Waals surface area (Å²) < 4.78 is 12.9. The van der Waals surface area contributed by atoms with E-state index in [2.05, 4.69) is 27.1 Å². The third kappa shape index (κ3) is 4.82. The quantitative estimate of drug-likeness (QED) is 0.376. The highest BCUT2D eigenvalue weighted by Gasteiger charge is 2.26. The highest BCUT2D eigenvalue weighted by Crippen LogP contribution is 2.38. The van der Waals surface area contributed by atoms with Gasteiger partial charge < -0.3 is 20.1 Å². The van der Waals surface area contributed by atoms with Crippen LogP contribution in [0.5, 0.6) is 11.5 Å². The molecule has 1 saturated carbocycles. The molecule has 2 aromatic heterocycles. The van der Waals surface area contributed by atoms with Gasteiger partial charge in [-0.05, 0) is 49.9 Å². The molecule has 0 saturated heterocycles. The van der Waals surface area contributed by atoms with E-state index in [9.17, 15) is 0 Å². The first kappa shape index (κ1) is 22.2. The first-order valence-corrected chi connectivity index (χ1v) is 11.7.